The maximum Gasteiger partial charge on any atom is 0.305 e. The van der Waals surface area contributed by atoms with Crippen LogP contribution in [0.15, 0.2) is 24.3 Å². The Morgan fingerprint density at radius 2 is 2.07 bits per heavy atom. The number of hydrogen-bond donors (Lipinski definition) is 1. The molecule has 0 aromatic heterocycles. The molecule has 0 aliphatic carbocycles. The van der Waals surface area contributed by atoms with E-state index < -0.39 is 0 Å². The van der Waals surface area contributed by atoms with Crippen LogP contribution in [0.2, 0.25) is 0 Å². The van der Waals surface area contributed by atoms with Gasteiger partial charge in [-0.25, -0.2) is 0 Å². The van der Waals surface area contributed by atoms with Gasteiger partial charge >= 0.3 is 5.97 Å². The zero-order valence-electron chi connectivity index (χ0n) is 8.63. The third-order valence-corrected chi connectivity index (χ3v) is 2.68. The predicted octanol–water partition coefficient (Wildman–Crippen LogP) is 2.66. The Morgan fingerprint density at radius 3 is 2.67 bits per heavy atom. The SMILES string of the molecule is COC(=O)CCCNc1ccc(I)cc1. The van der Waals surface area contributed by atoms with Gasteiger partial charge in [0.15, 0.2) is 0 Å². The van der Waals surface area contributed by atoms with Crippen LogP contribution in [0, 0.1) is 3.57 Å². The van der Waals surface area contributed by atoms with Gasteiger partial charge in [0.1, 0.15) is 0 Å². The van der Waals surface area contributed by atoms with Crippen molar-refractivity contribution in [3.8, 4) is 0 Å². The molecule has 1 aromatic rings. The number of nitrogens with one attached hydrogen (secondary N) is 1. The Hall–Kier alpha value is -0.780. The maximum atomic E-state index is 10.8. The number of ether oxygens (including phenoxy) is 1. The van der Waals surface area contributed by atoms with Crippen molar-refractivity contribution in [2.45, 2.75) is 12.8 Å². The number of rotatable bonds is 5. The second-order valence-electron chi connectivity index (χ2n) is 3.11. The molecule has 1 rings (SSSR count). The first-order valence-corrected chi connectivity index (χ1v) is 5.86. The summed E-state index contributed by atoms with van der Waals surface area (Å²) in [6.07, 6.45) is 1.26. The standard InChI is InChI=1S/C11H14INO2/c1-15-11(14)3-2-8-13-10-6-4-9(12)5-7-10/h4-7,13H,2-3,8H2,1H3. The first kappa shape index (κ1) is 12.3. The normalized spacial score (nSPS) is 9.73. The molecular formula is C11H14INO2. The average Bonchev–Trinajstić information content (AvgIpc) is 2.26. The van der Waals surface area contributed by atoms with Crippen LogP contribution in [-0.2, 0) is 9.53 Å². The monoisotopic (exact) mass is 319 g/mol. The minimum absolute atomic E-state index is 0.153. The Bertz CT molecular complexity index is 311. The van der Waals surface area contributed by atoms with Gasteiger partial charge in [0.25, 0.3) is 0 Å². The van der Waals surface area contributed by atoms with Crippen molar-refractivity contribution < 1.29 is 9.53 Å². The summed E-state index contributed by atoms with van der Waals surface area (Å²) in [5.41, 5.74) is 1.08. The molecule has 0 spiro atoms. The molecule has 0 saturated heterocycles. The van der Waals surface area contributed by atoms with Crippen molar-refractivity contribution in [2.24, 2.45) is 0 Å². The number of esters is 1. The third kappa shape index (κ3) is 5.01. The molecule has 4 heteroatoms. The molecular weight excluding hydrogens is 305 g/mol. The van der Waals surface area contributed by atoms with Crippen molar-refractivity contribution in [3.63, 3.8) is 0 Å². The summed E-state index contributed by atoms with van der Waals surface area (Å²) < 4.78 is 5.77. The van der Waals surface area contributed by atoms with Crippen LogP contribution >= 0.6 is 22.6 Å². The van der Waals surface area contributed by atoms with Gasteiger partial charge in [-0.15, -0.1) is 0 Å². The molecule has 0 heterocycles. The highest BCUT2D eigenvalue weighted by atomic mass is 127. The number of hydrogen-bond acceptors (Lipinski definition) is 3. The predicted molar refractivity (Wildman–Crippen MR) is 68.9 cm³/mol. The molecule has 3 nitrogen and oxygen atoms in total. The number of benzene rings is 1. The fourth-order valence-electron chi connectivity index (χ4n) is 1.14. The molecule has 15 heavy (non-hydrogen) atoms. The average molecular weight is 319 g/mol. The molecule has 0 amide bonds. The second kappa shape index (κ2) is 6.66. The molecule has 1 aromatic carbocycles. The third-order valence-electron chi connectivity index (χ3n) is 1.96. The van der Waals surface area contributed by atoms with Crippen molar-refractivity contribution in [2.75, 3.05) is 19.0 Å². The highest BCUT2D eigenvalue weighted by Crippen LogP contribution is 2.11. The number of halogens is 1. The largest absolute Gasteiger partial charge is 0.469 e. The van der Waals surface area contributed by atoms with Crippen LogP contribution in [0.5, 0.6) is 0 Å². The number of carbonyl (C=O) groups excluding carboxylic acids is 1. The fourth-order valence-corrected chi connectivity index (χ4v) is 1.49. The quantitative estimate of drug-likeness (QED) is 0.515. The van der Waals surface area contributed by atoms with Gasteiger partial charge in [0.05, 0.1) is 7.11 Å². The van der Waals surface area contributed by atoms with Crippen LogP contribution < -0.4 is 5.32 Å². The van der Waals surface area contributed by atoms with Crippen LogP contribution in [-0.4, -0.2) is 19.6 Å². The zero-order valence-corrected chi connectivity index (χ0v) is 10.8. The summed E-state index contributed by atoms with van der Waals surface area (Å²) in [7, 11) is 1.41. The van der Waals surface area contributed by atoms with E-state index in [1.807, 2.05) is 24.3 Å². The molecule has 0 fully saturated rings. The second-order valence-corrected chi connectivity index (χ2v) is 4.36. The van der Waals surface area contributed by atoms with Gasteiger partial charge in [0, 0.05) is 22.2 Å². The lowest BCUT2D eigenvalue weighted by Gasteiger charge is -2.05. The molecule has 0 aliphatic rings. The van der Waals surface area contributed by atoms with E-state index in [0.717, 1.165) is 18.7 Å². The zero-order chi connectivity index (χ0) is 11.1. The summed E-state index contributed by atoms with van der Waals surface area (Å²) in [6.45, 7) is 0.787. The molecule has 0 atom stereocenters. The minimum atomic E-state index is -0.153. The molecule has 0 unspecified atom stereocenters. The molecule has 1 N–H and O–H groups in total. The lowest BCUT2D eigenvalue weighted by atomic mass is 10.3. The summed E-state index contributed by atoms with van der Waals surface area (Å²) >= 11 is 2.27. The Balaban J connectivity index is 2.20. The maximum absolute atomic E-state index is 10.8. The topological polar surface area (TPSA) is 38.3 Å². The number of carbonyl (C=O) groups is 1. The van der Waals surface area contributed by atoms with E-state index in [9.17, 15) is 4.79 Å². The first-order chi connectivity index (χ1) is 7.22. The van der Waals surface area contributed by atoms with Crippen LogP contribution in [0.3, 0.4) is 0 Å². The summed E-state index contributed by atoms with van der Waals surface area (Å²) in [6, 6.07) is 8.15. The van der Waals surface area contributed by atoms with E-state index in [1.54, 1.807) is 0 Å². The Labute approximate surface area is 103 Å². The summed E-state index contributed by atoms with van der Waals surface area (Å²) in [5.74, 6) is -0.153. The van der Waals surface area contributed by atoms with Gasteiger partial charge < -0.3 is 10.1 Å². The van der Waals surface area contributed by atoms with E-state index in [1.165, 1.54) is 10.7 Å². The van der Waals surface area contributed by atoms with E-state index >= 15 is 0 Å². The highest BCUT2D eigenvalue weighted by molar-refractivity contribution is 14.1. The first-order valence-electron chi connectivity index (χ1n) is 4.78. The molecule has 0 radical (unpaired) electrons. The van der Waals surface area contributed by atoms with Crippen molar-refractivity contribution >= 4 is 34.2 Å². The lowest BCUT2D eigenvalue weighted by Crippen LogP contribution is -2.06. The molecule has 0 aliphatic heterocycles. The van der Waals surface area contributed by atoms with Gasteiger partial charge in [-0.05, 0) is 53.3 Å². The van der Waals surface area contributed by atoms with Crippen molar-refractivity contribution in [1.82, 2.24) is 0 Å². The minimum Gasteiger partial charge on any atom is -0.469 e. The number of methoxy groups -OCH3 is 1. The van der Waals surface area contributed by atoms with E-state index in [0.29, 0.717) is 6.42 Å². The van der Waals surface area contributed by atoms with Crippen molar-refractivity contribution in [1.29, 1.82) is 0 Å². The Morgan fingerprint density at radius 1 is 1.40 bits per heavy atom. The summed E-state index contributed by atoms with van der Waals surface area (Å²) in [4.78, 5) is 10.8. The van der Waals surface area contributed by atoms with E-state index in [4.69, 9.17) is 0 Å². The van der Waals surface area contributed by atoms with Gasteiger partial charge in [0.2, 0.25) is 0 Å². The Kier molecular flexibility index (Phi) is 5.45. The van der Waals surface area contributed by atoms with Crippen LogP contribution in [0.25, 0.3) is 0 Å². The van der Waals surface area contributed by atoms with Gasteiger partial charge in [-0.3, -0.25) is 4.79 Å². The molecule has 0 saturated carbocycles. The highest BCUT2D eigenvalue weighted by Gasteiger charge is 1.98. The lowest BCUT2D eigenvalue weighted by molar-refractivity contribution is -0.140. The van der Waals surface area contributed by atoms with Gasteiger partial charge in [-0.2, -0.15) is 0 Å². The van der Waals surface area contributed by atoms with Crippen LogP contribution in [0.4, 0.5) is 5.69 Å². The van der Waals surface area contributed by atoms with Crippen molar-refractivity contribution in [3.05, 3.63) is 27.8 Å². The van der Waals surface area contributed by atoms with Gasteiger partial charge in [-0.1, -0.05) is 0 Å². The van der Waals surface area contributed by atoms with E-state index in [-0.39, 0.29) is 5.97 Å². The number of anilines is 1. The van der Waals surface area contributed by atoms with Crippen LogP contribution in [0.1, 0.15) is 12.8 Å². The molecule has 82 valence electrons. The smallest absolute Gasteiger partial charge is 0.305 e. The molecule has 0 bridgehead atoms. The summed E-state index contributed by atoms with van der Waals surface area (Å²) in [5, 5.41) is 3.24. The van der Waals surface area contributed by atoms with E-state index in [2.05, 4.69) is 32.6 Å². The fraction of sp³-hybridized carbons (Fsp3) is 0.364.